The number of carbonyl (C=O) groups is 2. The molecule has 0 saturated carbocycles. The van der Waals surface area contributed by atoms with Gasteiger partial charge in [-0.15, -0.1) is 0 Å². The van der Waals surface area contributed by atoms with Crippen LogP contribution < -0.4 is 10.2 Å². The molecule has 1 amide bonds. The number of para-hydroxylation sites is 1. The van der Waals surface area contributed by atoms with Gasteiger partial charge in [0.2, 0.25) is 0 Å². The number of hydrogen-bond donors (Lipinski definition) is 2. The van der Waals surface area contributed by atoms with Gasteiger partial charge in [0, 0.05) is 31.4 Å². The predicted molar refractivity (Wildman–Crippen MR) is 81.1 cm³/mol. The molecule has 0 aliphatic carbocycles. The third-order valence-corrected chi connectivity index (χ3v) is 3.43. The quantitative estimate of drug-likeness (QED) is 0.471. The van der Waals surface area contributed by atoms with E-state index in [2.05, 4.69) is 5.32 Å². The van der Waals surface area contributed by atoms with Crippen molar-refractivity contribution in [2.24, 2.45) is 0 Å². The third kappa shape index (κ3) is 3.85. The molecule has 0 radical (unpaired) electrons. The van der Waals surface area contributed by atoms with Crippen LogP contribution in [0.3, 0.4) is 0 Å². The summed E-state index contributed by atoms with van der Waals surface area (Å²) >= 11 is 0. The molecule has 0 bridgehead atoms. The first-order chi connectivity index (χ1) is 10.6. The number of fused-ring (bicyclic) bond motifs is 1. The van der Waals surface area contributed by atoms with Crippen LogP contribution >= 0.6 is 0 Å². The van der Waals surface area contributed by atoms with Gasteiger partial charge < -0.3 is 15.3 Å². The summed E-state index contributed by atoms with van der Waals surface area (Å²) in [6.07, 6.45) is 2.77. The molecule has 0 atom stereocenters. The Bertz CT molecular complexity index is 646. The highest BCUT2D eigenvalue weighted by atomic mass is 16.4. The number of carboxylic acids is 1. The van der Waals surface area contributed by atoms with Crippen molar-refractivity contribution in [2.45, 2.75) is 19.3 Å². The van der Waals surface area contributed by atoms with E-state index in [0.717, 1.165) is 18.7 Å². The fraction of sp³-hybridized carbons (Fsp3) is 0.312. The fourth-order valence-corrected chi connectivity index (χ4v) is 2.33. The summed E-state index contributed by atoms with van der Waals surface area (Å²) in [6.45, 7) is 0.970. The van der Waals surface area contributed by atoms with E-state index in [-0.39, 0.29) is 18.5 Å². The fourth-order valence-electron chi connectivity index (χ4n) is 2.33. The maximum Gasteiger partial charge on any atom is 0.303 e. The molecule has 1 aliphatic rings. The minimum atomic E-state index is -0.904. The van der Waals surface area contributed by atoms with Crippen LogP contribution in [0.25, 0.3) is 0 Å². The first kappa shape index (κ1) is 15.6. The Hall–Kier alpha value is -2.81. The molecule has 1 aromatic carbocycles. The van der Waals surface area contributed by atoms with E-state index in [1.165, 1.54) is 5.56 Å². The summed E-state index contributed by atoms with van der Waals surface area (Å²) in [5.41, 5.74) is 2.22. The second kappa shape index (κ2) is 7.27. The van der Waals surface area contributed by atoms with Crippen LogP contribution in [0.4, 0.5) is 5.69 Å². The molecule has 0 aromatic heterocycles. The molecular formula is C16H17N3O3. The molecule has 6 heteroatoms. The van der Waals surface area contributed by atoms with Crippen molar-refractivity contribution in [1.82, 2.24) is 5.32 Å². The highest BCUT2D eigenvalue weighted by molar-refractivity contribution is 5.97. The number of amides is 1. The number of hydrogen-bond acceptors (Lipinski definition) is 4. The van der Waals surface area contributed by atoms with E-state index in [1.807, 2.05) is 35.2 Å². The molecule has 0 fully saturated rings. The number of nitrogens with one attached hydrogen (secondary N) is 1. The number of aliphatic carboxylic acids is 1. The van der Waals surface area contributed by atoms with E-state index in [1.54, 1.807) is 6.20 Å². The van der Waals surface area contributed by atoms with Crippen molar-refractivity contribution in [3.8, 4) is 6.07 Å². The van der Waals surface area contributed by atoms with Gasteiger partial charge in [0.15, 0.2) is 0 Å². The number of carbonyl (C=O) groups excluding carboxylic acids is 1. The lowest BCUT2D eigenvalue weighted by molar-refractivity contribution is -0.137. The average molecular weight is 299 g/mol. The van der Waals surface area contributed by atoms with Crippen LogP contribution in [0.2, 0.25) is 0 Å². The normalized spacial score (nSPS) is 13.4. The van der Waals surface area contributed by atoms with Crippen molar-refractivity contribution in [2.75, 3.05) is 18.0 Å². The van der Waals surface area contributed by atoms with Crippen molar-refractivity contribution in [1.29, 1.82) is 5.26 Å². The Morgan fingerprint density at radius 2 is 2.18 bits per heavy atom. The maximum atomic E-state index is 11.9. The monoisotopic (exact) mass is 299 g/mol. The van der Waals surface area contributed by atoms with Gasteiger partial charge in [-0.3, -0.25) is 9.59 Å². The van der Waals surface area contributed by atoms with Gasteiger partial charge >= 0.3 is 5.97 Å². The maximum absolute atomic E-state index is 11.9. The van der Waals surface area contributed by atoms with Gasteiger partial charge in [-0.1, -0.05) is 18.2 Å². The second-order valence-corrected chi connectivity index (χ2v) is 4.98. The first-order valence-electron chi connectivity index (χ1n) is 7.08. The smallest absolute Gasteiger partial charge is 0.303 e. The summed E-state index contributed by atoms with van der Waals surface area (Å²) < 4.78 is 0. The van der Waals surface area contributed by atoms with Gasteiger partial charge in [-0.05, 0) is 24.5 Å². The molecule has 1 heterocycles. The van der Waals surface area contributed by atoms with Crippen LogP contribution in [0, 0.1) is 11.3 Å². The zero-order valence-corrected chi connectivity index (χ0v) is 12.1. The van der Waals surface area contributed by atoms with Crippen molar-refractivity contribution >= 4 is 17.6 Å². The van der Waals surface area contributed by atoms with Gasteiger partial charge in [0.05, 0.1) is 0 Å². The third-order valence-electron chi connectivity index (χ3n) is 3.43. The molecule has 1 aromatic rings. The van der Waals surface area contributed by atoms with E-state index >= 15 is 0 Å². The lowest BCUT2D eigenvalue weighted by Crippen LogP contribution is -2.27. The highest BCUT2D eigenvalue weighted by Crippen LogP contribution is 2.27. The minimum Gasteiger partial charge on any atom is -0.481 e. The topological polar surface area (TPSA) is 93.4 Å². The zero-order chi connectivity index (χ0) is 15.9. The van der Waals surface area contributed by atoms with Crippen molar-refractivity contribution in [3.63, 3.8) is 0 Å². The molecule has 0 spiro atoms. The summed E-state index contributed by atoms with van der Waals surface area (Å²) in [7, 11) is 0. The van der Waals surface area contributed by atoms with E-state index in [4.69, 9.17) is 10.4 Å². The Morgan fingerprint density at radius 1 is 1.41 bits per heavy atom. The van der Waals surface area contributed by atoms with E-state index in [9.17, 15) is 9.59 Å². The summed E-state index contributed by atoms with van der Waals surface area (Å²) in [5, 5.41) is 20.3. The standard InChI is InChI=1S/C16H17N3O3/c17-10-13(16(22)18-8-3-6-15(20)21)11-19-9-7-12-4-1-2-5-14(12)19/h1-2,4-5,11H,3,6-9H2,(H,18,22)(H,20,21)/b13-11-. The summed E-state index contributed by atoms with van der Waals surface area (Å²) in [5.74, 6) is -1.38. The van der Waals surface area contributed by atoms with Gasteiger partial charge in [0.25, 0.3) is 5.91 Å². The number of anilines is 1. The van der Waals surface area contributed by atoms with Crippen LogP contribution in [0.15, 0.2) is 36.0 Å². The zero-order valence-electron chi connectivity index (χ0n) is 12.1. The predicted octanol–water partition coefficient (Wildman–Crippen LogP) is 1.44. The summed E-state index contributed by atoms with van der Waals surface area (Å²) in [4.78, 5) is 24.2. The molecule has 114 valence electrons. The largest absolute Gasteiger partial charge is 0.481 e. The number of benzene rings is 1. The number of rotatable bonds is 6. The first-order valence-corrected chi connectivity index (χ1v) is 7.08. The molecule has 0 unspecified atom stereocenters. The summed E-state index contributed by atoms with van der Waals surface area (Å²) in [6, 6.07) is 9.77. The Morgan fingerprint density at radius 3 is 2.91 bits per heavy atom. The number of carboxylic acid groups (broad SMARTS) is 1. The van der Waals surface area contributed by atoms with Gasteiger partial charge in [-0.2, -0.15) is 5.26 Å². The number of nitriles is 1. The molecule has 2 rings (SSSR count). The van der Waals surface area contributed by atoms with Crippen LogP contribution in [0.1, 0.15) is 18.4 Å². The Kier molecular flexibility index (Phi) is 5.15. The van der Waals surface area contributed by atoms with Crippen molar-refractivity contribution in [3.05, 3.63) is 41.6 Å². The molecule has 0 saturated heterocycles. The van der Waals surface area contributed by atoms with Crippen LogP contribution in [-0.4, -0.2) is 30.1 Å². The van der Waals surface area contributed by atoms with E-state index in [0.29, 0.717) is 6.42 Å². The van der Waals surface area contributed by atoms with Gasteiger partial charge in [0.1, 0.15) is 11.6 Å². The molecular weight excluding hydrogens is 282 g/mol. The molecule has 6 nitrogen and oxygen atoms in total. The lowest BCUT2D eigenvalue weighted by Gasteiger charge is -2.14. The van der Waals surface area contributed by atoms with Crippen LogP contribution in [-0.2, 0) is 16.0 Å². The second-order valence-electron chi connectivity index (χ2n) is 4.98. The average Bonchev–Trinajstić information content (AvgIpc) is 2.92. The minimum absolute atomic E-state index is 0.00855. The molecule has 1 aliphatic heterocycles. The Labute approximate surface area is 128 Å². The van der Waals surface area contributed by atoms with Gasteiger partial charge in [-0.25, -0.2) is 0 Å². The molecule has 22 heavy (non-hydrogen) atoms. The van der Waals surface area contributed by atoms with Crippen molar-refractivity contribution < 1.29 is 14.7 Å². The van der Waals surface area contributed by atoms with Crippen LogP contribution in [0.5, 0.6) is 0 Å². The van der Waals surface area contributed by atoms with E-state index < -0.39 is 11.9 Å². The molecule has 2 N–H and O–H groups in total. The number of nitrogens with zero attached hydrogens (tertiary/aromatic N) is 2. The Balaban J connectivity index is 1.98. The SMILES string of the molecule is N#C/C(=C/N1CCc2ccccc21)C(=O)NCCCC(=O)O. The lowest BCUT2D eigenvalue weighted by atomic mass is 10.2. The highest BCUT2D eigenvalue weighted by Gasteiger charge is 2.19.